The van der Waals surface area contributed by atoms with E-state index < -0.39 is 32.5 Å². The summed E-state index contributed by atoms with van der Waals surface area (Å²) < 4.78 is 33.7. The number of phosphoric acid groups is 1. The third kappa shape index (κ3) is 37.5. The fourth-order valence-corrected chi connectivity index (χ4v) is 5.73. The zero-order chi connectivity index (χ0) is 37.9. The van der Waals surface area contributed by atoms with E-state index in [0.717, 1.165) is 83.5 Å². The first-order valence-electron chi connectivity index (χ1n) is 19.8. The lowest BCUT2D eigenvalue weighted by molar-refractivity contribution is -0.870. The van der Waals surface area contributed by atoms with Crippen molar-refractivity contribution in [3.05, 3.63) is 48.6 Å². The van der Waals surface area contributed by atoms with E-state index in [1.54, 1.807) is 0 Å². The lowest BCUT2D eigenvalue weighted by Gasteiger charge is -2.28. The van der Waals surface area contributed by atoms with Crippen molar-refractivity contribution in [1.29, 1.82) is 0 Å². The molecule has 0 heterocycles. The van der Waals surface area contributed by atoms with Gasteiger partial charge in [0, 0.05) is 12.8 Å². The van der Waals surface area contributed by atoms with Crippen molar-refractivity contribution >= 4 is 19.8 Å². The summed E-state index contributed by atoms with van der Waals surface area (Å²) in [5.74, 6) is -0.859. The molecule has 0 bridgehead atoms. The maximum atomic E-state index is 12.6. The molecule has 0 aliphatic heterocycles. The van der Waals surface area contributed by atoms with Crippen LogP contribution in [0.1, 0.15) is 149 Å². The van der Waals surface area contributed by atoms with Crippen molar-refractivity contribution in [3.63, 3.8) is 0 Å². The Bertz CT molecular complexity index is 1020. The number of esters is 2. The van der Waals surface area contributed by atoms with Crippen molar-refractivity contribution in [2.75, 3.05) is 47.5 Å². The molecule has 0 aliphatic carbocycles. The van der Waals surface area contributed by atoms with E-state index in [4.69, 9.17) is 18.5 Å². The third-order valence-electron chi connectivity index (χ3n) is 8.11. The maximum absolute atomic E-state index is 12.6. The zero-order valence-corrected chi connectivity index (χ0v) is 33.9. The SMILES string of the molecule is CC/C=C\C/C=C\C/C=C\C/C=C\CCCCCCCCC(=O)OC(COC(=O)CCCCCCCCCC)COP(=O)([O-])OCC[N+](C)(C)C. The first-order valence-corrected chi connectivity index (χ1v) is 21.3. The van der Waals surface area contributed by atoms with Gasteiger partial charge in [-0.15, -0.1) is 0 Å². The van der Waals surface area contributed by atoms with E-state index in [9.17, 15) is 19.0 Å². The Morgan fingerprint density at radius 1 is 0.627 bits per heavy atom. The first-order chi connectivity index (χ1) is 24.5. The average molecular weight is 740 g/mol. The zero-order valence-electron chi connectivity index (χ0n) is 33.0. The van der Waals surface area contributed by atoms with Crippen molar-refractivity contribution in [1.82, 2.24) is 0 Å². The molecule has 0 saturated heterocycles. The number of hydrogen-bond donors (Lipinski definition) is 0. The van der Waals surface area contributed by atoms with E-state index >= 15 is 0 Å². The molecule has 9 nitrogen and oxygen atoms in total. The minimum Gasteiger partial charge on any atom is -0.756 e. The van der Waals surface area contributed by atoms with Gasteiger partial charge in [-0.05, 0) is 51.4 Å². The second kappa shape index (κ2) is 33.8. The van der Waals surface area contributed by atoms with E-state index in [0.29, 0.717) is 17.4 Å². The van der Waals surface area contributed by atoms with Crippen LogP contribution in [0.5, 0.6) is 0 Å². The van der Waals surface area contributed by atoms with Gasteiger partial charge in [0.15, 0.2) is 6.10 Å². The fraction of sp³-hybridized carbons (Fsp3) is 0.756. The van der Waals surface area contributed by atoms with Crippen LogP contribution in [0.4, 0.5) is 0 Å². The van der Waals surface area contributed by atoms with Gasteiger partial charge < -0.3 is 27.9 Å². The summed E-state index contributed by atoms with van der Waals surface area (Å²) in [4.78, 5) is 37.3. The molecule has 0 radical (unpaired) electrons. The van der Waals surface area contributed by atoms with Crippen LogP contribution >= 0.6 is 7.82 Å². The first kappa shape index (κ1) is 49.0. The molecule has 0 aromatic rings. The minimum absolute atomic E-state index is 0.0350. The van der Waals surface area contributed by atoms with E-state index in [1.165, 1.54) is 32.1 Å². The number of rotatable bonds is 35. The van der Waals surface area contributed by atoms with Crippen molar-refractivity contribution in [3.8, 4) is 0 Å². The number of allylic oxidation sites excluding steroid dienone is 8. The number of carbonyl (C=O) groups excluding carboxylic acids is 2. The number of quaternary nitrogens is 1. The Hall–Kier alpha value is -2.03. The summed E-state index contributed by atoms with van der Waals surface area (Å²) in [5, 5.41) is 0. The highest BCUT2D eigenvalue weighted by Gasteiger charge is 2.21. The average Bonchev–Trinajstić information content (AvgIpc) is 3.07. The van der Waals surface area contributed by atoms with E-state index in [1.807, 2.05) is 21.1 Å². The van der Waals surface area contributed by atoms with Crippen LogP contribution in [0.25, 0.3) is 0 Å². The smallest absolute Gasteiger partial charge is 0.306 e. The minimum atomic E-state index is -4.62. The van der Waals surface area contributed by atoms with Crippen molar-refractivity contribution in [2.45, 2.75) is 155 Å². The molecular formula is C41H74NO8P. The van der Waals surface area contributed by atoms with Crippen molar-refractivity contribution < 1.29 is 42.1 Å². The molecule has 51 heavy (non-hydrogen) atoms. The molecule has 296 valence electrons. The van der Waals surface area contributed by atoms with Crippen LogP contribution < -0.4 is 4.89 Å². The molecule has 0 fully saturated rings. The third-order valence-corrected chi connectivity index (χ3v) is 9.08. The van der Waals surface area contributed by atoms with Gasteiger partial charge in [0.05, 0.1) is 27.7 Å². The van der Waals surface area contributed by atoms with E-state index in [2.05, 4.69) is 62.5 Å². The Kier molecular flexibility index (Phi) is 32.4. The predicted octanol–water partition coefficient (Wildman–Crippen LogP) is 10.1. The number of unbranched alkanes of at least 4 members (excludes halogenated alkanes) is 13. The second-order valence-corrected chi connectivity index (χ2v) is 15.7. The van der Waals surface area contributed by atoms with Gasteiger partial charge in [-0.1, -0.05) is 133 Å². The molecule has 2 atom stereocenters. The van der Waals surface area contributed by atoms with Gasteiger partial charge in [0.2, 0.25) is 0 Å². The molecule has 10 heteroatoms. The Morgan fingerprint density at radius 3 is 1.67 bits per heavy atom. The van der Waals surface area contributed by atoms with Crippen LogP contribution in [0.2, 0.25) is 0 Å². The molecule has 2 unspecified atom stereocenters. The highest BCUT2D eigenvalue weighted by molar-refractivity contribution is 7.45. The molecular weight excluding hydrogens is 665 g/mol. The largest absolute Gasteiger partial charge is 0.756 e. The predicted molar refractivity (Wildman–Crippen MR) is 208 cm³/mol. The molecule has 0 saturated carbocycles. The van der Waals surface area contributed by atoms with Gasteiger partial charge in [-0.2, -0.15) is 0 Å². The van der Waals surface area contributed by atoms with Gasteiger partial charge in [0.1, 0.15) is 19.8 Å². The molecule has 0 spiro atoms. The van der Waals surface area contributed by atoms with Crippen LogP contribution in [-0.2, 0) is 32.7 Å². The molecule has 0 aromatic heterocycles. The fourth-order valence-electron chi connectivity index (χ4n) is 5.00. The summed E-state index contributed by atoms with van der Waals surface area (Å²) in [6.07, 6.45) is 37.2. The van der Waals surface area contributed by atoms with Crippen LogP contribution in [0.15, 0.2) is 48.6 Å². The number of phosphoric ester groups is 1. The topological polar surface area (TPSA) is 111 Å². The standard InChI is InChI=1S/C41H74NO8P/c1-6-8-10-12-14-16-17-18-19-20-21-22-23-24-25-26-28-30-32-34-41(44)50-39(38-49-51(45,46)48-36-35-42(3,4)5)37-47-40(43)33-31-29-27-15-13-11-9-7-2/h8,10,14,16,18-19,21-22,39H,6-7,9,11-13,15,17,20,23-38H2,1-5H3/b10-8-,16-14-,19-18-,22-21-. The number of hydrogen-bond acceptors (Lipinski definition) is 8. The Balaban J connectivity index is 4.38. The maximum Gasteiger partial charge on any atom is 0.306 e. The summed E-state index contributed by atoms with van der Waals surface area (Å²) >= 11 is 0. The van der Waals surface area contributed by atoms with Crippen molar-refractivity contribution in [2.24, 2.45) is 0 Å². The summed E-state index contributed by atoms with van der Waals surface area (Å²) in [6, 6.07) is 0. The van der Waals surface area contributed by atoms with Gasteiger partial charge in [-0.3, -0.25) is 14.2 Å². The Morgan fingerprint density at radius 2 is 1.12 bits per heavy atom. The summed E-state index contributed by atoms with van der Waals surface area (Å²) in [6.45, 7) is 4.04. The lowest BCUT2D eigenvalue weighted by Crippen LogP contribution is -2.37. The summed E-state index contributed by atoms with van der Waals surface area (Å²) in [7, 11) is 1.15. The molecule has 0 aliphatic rings. The highest BCUT2D eigenvalue weighted by Crippen LogP contribution is 2.38. The lowest BCUT2D eigenvalue weighted by atomic mass is 10.1. The van der Waals surface area contributed by atoms with Gasteiger partial charge in [0.25, 0.3) is 7.82 Å². The monoisotopic (exact) mass is 740 g/mol. The van der Waals surface area contributed by atoms with E-state index in [-0.39, 0.29) is 26.1 Å². The Labute approximate surface area is 312 Å². The quantitative estimate of drug-likeness (QED) is 0.0208. The van der Waals surface area contributed by atoms with Gasteiger partial charge in [-0.25, -0.2) is 0 Å². The highest BCUT2D eigenvalue weighted by atomic mass is 31.2. The number of ether oxygens (including phenoxy) is 2. The van der Waals surface area contributed by atoms with Crippen LogP contribution in [0, 0.1) is 0 Å². The van der Waals surface area contributed by atoms with Crippen LogP contribution in [0.3, 0.4) is 0 Å². The molecule has 0 amide bonds. The van der Waals surface area contributed by atoms with Gasteiger partial charge >= 0.3 is 11.9 Å². The molecule has 0 N–H and O–H groups in total. The summed E-state index contributed by atoms with van der Waals surface area (Å²) in [5.41, 5.74) is 0. The number of carbonyl (C=O) groups is 2. The molecule has 0 aromatic carbocycles. The number of likely N-dealkylation sites (N-methyl/N-ethyl adjacent to an activating group) is 1. The second-order valence-electron chi connectivity index (χ2n) is 14.3. The number of nitrogens with zero attached hydrogens (tertiary/aromatic N) is 1. The molecule has 0 rings (SSSR count). The van der Waals surface area contributed by atoms with Crippen LogP contribution in [-0.4, -0.2) is 70.0 Å². The normalized spacial score (nSPS) is 14.2.